The van der Waals surface area contributed by atoms with Crippen LogP contribution < -0.4 is 10.5 Å². The monoisotopic (exact) mass is 312 g/mol. The van der Waals surface area contributed by atoms with Crippen LogP contribution in [-0.2, 0) is 9.63 Å². The molecule has 1 amide bonds. The van der Waals surface area contributed by atoms with E-state index in [1.165, 1.54) is 7.11 Å². The van der Waals surface area contributed by atoms with Gasteiger partial charge in [0.15, 0.2) is 0 Å². The first-order valence-electron chi connectivity index (χ1n) is 7.24. The van der Waals surface area contributed by atoms with E-state index in [1.807, 2.05) is 54.6 Å². The highest BCUT2D eigenvalue weighted by Gasteiger charge is 2.21. The van der Waals surface area contributed by atoms with Crippen LogP contribution in [0.2, 0.25) is 0 Å². The Kier molecular flexibility index (Phi) is 5.74. The maximum Gasteiger partial charge on any atom is 0.225 e. The normalized spacial score (nSPS) is 12.5. The Morgan fingerprint density at radius 2 is 1.74 bits per heavy atom. The van der Waals surface area contributed by atoms with Crippen LogP contribution in [0, 0.1) is 0 Å². The highest BCUT2D eigenvalue weighted by molar-refractivity contribution is 6.03. The van der Waals surface area contributed by atoms with E-state index in [4.69, 9.17) is 15.3 Å². The van der Waals surface area contributed by atoms with Crippen molar-refractivity contribution in [2.45, 2.75) is 12.3 Å². The lowest BCUT2D eigenvalue weighted by Crippen LogP contribution is -2.24. The highest BCUT2D eigenvalue weighted by Crippen LogP contribution is 2.23. The van der Waals surface area contributed by atoms with Gasteiger partial charge in [0.2, 0.25) is 5.91 Å². The van der Waals surface area contributed by atoms with Crippen molar-refractivity contribution in [1.82, 2.24) is 0 Å². The number of rotatable bonds is 7. The van der Waals surface area contributed by atoms with E-state index in [-0.39, 0.29) is 0 Å². The molecule has 2 aromatic carbocycles. The summed E-state index contributed by atoms with van der Waals surface area (Å²) in [7, 11) is 3.09. The molecule has 120 valence electrons. The smallest absolute Gasteiger partial charge is 0.225 e. The molecular weight excluding hydrogens is 292 g/mol. The molecular formula is C18H20N2O3. The molecule has 1 atom stereocenters. The molecule has 0 spiro atoms. The summed E-state index contributed by atoms with van der Waals surface area (Å²) in [4.78, 5) is 16.8. The molecule has 0 aromatic heterocycles. The largest absolute Gasteiger partial charge is 0.497 e. The van der Waals surface area contributed by atoms with Crippen molar-refractivity contribution in [3.8, 4) is 5.75 Å². The average molecular weight is 312 g/mol. The Bertz CT molecular complexity index is 666. The van der Waals surface area contributed by atoms with Gasteiger partial charge in [-0.25, -0.2) is 0 Å². The molecule has 0 aliphatic rings. The van der Waals surface area contributed by atoms with Crippen molar-refractivity contribution in [3.05, 3.63) is 65.7 Å². The van der Waals surface area contributed by atoms with Crippen LogP contribution >= 0.6 is 0 Å². The molecule has 0 saturated heterocycles. The summed E-state index contributed by atoms with van der Waals surface area (Å²) >= 11 is 0. The predicted molar refractivity (Wildman–Crippen MR) is 89.5 cm³/mol. The van der Waals surface area contributed by atoms with Gasteiger partial charge < -0.3 is 15.3 Å². The molecule has 0 saturated carbocycles. The number of benzene rings is 2. The first-order chi connectivity index (χ1) is 11.2. The average Bonchev–Trinajstić information content (AvgIpc) is 2.59. The highest BCUT2D eigenvalue weighted by atomic mass is 16.6. The number of hydrogen-bond donors (Lipinski definition) is 1. The first kappa shape index (κ1) is 16.5. The molecule has 0 fully saturated rings. The fourth-order valence-corrected chi connectivity index (χ4v) is 2.36. The SMILES string of the molecule is CON=C(CC(C(N)=O)c1ccccc1)c1ccc(OC)cc1. The molecule has 5 heteroatoms. The molecule has 2 aromatic rings. The van der Waals surface area contributed by atoms with Crippen LogP contribution in [0.5, 0.6) is 5.75 Å². The summed E-state index contributed by atoms with van der Waals surface area (Å²) in [5.74, 6) is -0.110. The summed E-state index contributed by atoms with van der Waals surface area (Å²) in [6.45, 7) is 0. The lowest BCUT2D eigenvalue weighted by Gasteiger charge is -2.15. The van der Waals surface area contributed by atoms with Crippen molar-refractivity contribution in [3.63, 3.8) is 0 Å². The van der Waals surface area contributed by atoms with Gasteiger partial charge in [0.25, 0.3) is 0 Å². The van der Waals surface area contributed by atoms with Crippen molar-refractivity contribution in [2.24, 2.45) is 10.9 Å². The summed E-state index contributed by atoms with van der Waals surface area (Å²) in [5, 5.41) is 4.07. The van der Waals surface area contributed by atoms with E-state index < -0.39 is 11.8 Å². The quantitative estimate of drug-likeness (QED) is 0.631. The molecule has 0 bridgehead atoms. The van der Waals surface area contributed by atoms with Gasteiger partial charge in [-0.15, -0.1) is 0 Å². The second kappa shape index (κ2) is 7.98. The number of nitrogens with two attached hydrogens (primary N) is 1. The van der Waals surface area contributed by atoms with Gasteiger partial charge in [0, 0.05) is 6.42 Å². The summed E-state index contributed by atoms with van der Waals surface area (Å²) < 4.78 is 5.15. The number of methoxy groups -OCH3 is 1. The second-order valence-corrected chi connectivity index (χ2v) is 5.02. The van der Waals surface area contributed by atoms with Crippen LogP contribution in [0.1, 0.15) is 23.5 Å². The maximum absolute atomic E-state index is 11.9. The van der Waals surface area contributed by atoms with Crippen LogP contribution in [0.4, 0.5) is 0 Å². The van der Waals surface area contributed by atoms with Gasteiger partial charge in [-0.05, 0) is 35.4 Å². The number of ether oxygens (including phenoxy) is 1. The standard InChI is InChI=1S/C18H20N2O3/c1-22-15-10-8-14(9-11-15)17(20-23-2)12-16(18(19)21)13-6-4-3-5-7-13/h3-11,16H,12H2,1-2H3,(H2,19,21). The van der Waals surface area contributed by atoms with Crippen molar-refractivity contribution < 1.29 is 14.4 Å². The van der Waals surface area contributed by atoms with E-state index in [0.717, 1.165) is 16.9 Å². The van der Waals surface area contributed by atoms with Crippen molar-refractivity contribution in [1.29, 1.82) is 0 Å². The Morgan fingerprint density at radius 3 is 2.26 bits per heavy atom. The zero-order valence-electron chi connectivity index (χ0n) is 13.2. The van der Waals surface area contributed by atoms with E-state index in [0.29, 0.717) is 12.1 Å². The van der Waals surface area contributed by atoms with Gasteiger partial charge in [0.1, 0.15) is 12.9 Å². The van der Waals surface area contributed by atoms with Gasteiger partial charge >= 0.3 is 0 Å². The number of amides is 1. The van der Waals surface area contributed by atoms with E-state index in [1.54, 1.807) is 7.11 Å². The Hall–Kier alpha value is -2.82. The molecule has 1 unspecified atom stereocenters. The van der Waals surface area contributed by atoms with Gasteiger partial charge in [-0.2, -0.15) is 0 Å². The van der Waals surface area contributed by atoms with Gasteiger partial charge in [-0.1, -0.05) is 35.5 Å². The minimum atomic E-state index is -0.466. The van der Waals surface area contributed by atoms with Crippen LogP contribution in [0.15, 0.2) is 59.8 Å². The van der Waals surface area contributed by atoms with Crippen molar-refractivity contribution in [2.75, 3.05) is 14.2 Å². The number of hydrogen-bond acceptors (Lipinski definition) is 4. The predicted octanol–water partition coefficient (Wildman–Crippen LogP) is 2.70. The van der Waals surface area contributed by atoms with E-state index in [2.05, 4.69) is 5.16 Å². The number of carbonyl (C=O) groups excluding carboxylic acids is 1. The summed E-state index contributed by atoms with van der Waals surface area (Å²) in [5.41, 5.74) is 7.95. The summed E-state index contributed by atoms with van der Waals surface area (Å²) in [6.07, 6.45) is 0.361. The maximum atomic E-state index is 11.9. The fourth-order valence-electron chi connectivity index (χ4n) is 2.36. The minimum Gasteiger partial charge on any atom is -0.497 e. The zero-order chi connectivity index (χ0) is 16.7. The zero-order valence-corrected chi connectivity index (χ0v) is 13.2. The molecule has 0 aliphatic carbocycles. The lowest BCUT2D eigenvalue weighted by atomic mass is 9.90. The Morgan fingerprint density at radius 1 is 1.09 bits per heavy atom. The number of nitrogens with zero attached hydrogens (tertiary/aromatic N) is 1. The molecule has 5 nitrogen and oxygen atoms in total. The Balaban J connectivity index is 2.29. The van der Waals surface area contributed by atoms with E-state index >= 15 is 0 Å². The lowest BCUT2D eigenvalue weighted by molar-refractivity contribution is -0.119. The molecule has 23 heavy (non-hydrogen) atoms. The van der Waals surface area contributed by atoms with E-state index in [9.17, 15) is 4.79 Å². The second-order valence-electron chi connectivity index (χ2n) is 5.02. The van der Waals surface area contributed by atoms with Crippen molar-refractivity contribution >= 4 is 11.6 Å². The number of oxime groups is 1. The molecule has 2 N–H and O–H groups in total. The molecule has 0 aliphatic heterocycles. The fraction of sp³-hybridized carbons (Fsp3) is 0.222. The number of primary amides is 1. The minimum absolute atomic E-state index is 0.361. The van der Waals surface area contributed by atoms with Gasteiger partial charge in [0.05, 0.1) is 18.7 Å². The van der Waals surface area contributed by atoms with Crippen LogP contribution in [-0.4, -0.2) is 25.8 Å². The first-order valence-corrected chi connectivity index (χ1v) is 7.24. The summed E-state index contributed by atoms with van der Waals surface area (Å²) in [6, 6.07) is 16.8. The molecule has 2 rings (SSSR count). The van der Waals surface area contributed by atoms with Crippen LogP contribution in [0.3, 0.4) is 0 Å². The third-order valence-electron chi connectivity index (χ3n) is 3.57. The number of carbonyl (C=O) groups is 1. The molecule has 0 radical (unpaired) electrons. The third-order valence-corrected chi connectivity index (χ3v) is 3.57. The van der Waals surface area contributed by atoms with Gasteiger partial charge in [-0.3, -0.25) is 4.79 Å². The molecule has 0 heterocycles. The van der Waals surface area contributed by atoms with Crippen LogP contribution in [0.25, 0.3) is 0 Å². The third kappa shape index (κ3) is 4.32. The topological polar surface area (TPSA) is 73.9 Å². The Labute approximate surface area is 135 Å².